The lowest BCUT2D eigenvalue weighted by Crippen LogP contribution is -2.38. The molecular formula is C25H29N3O5S. The van der Waals surface area contributed by atoms with Gasteiger partial charge in [-0.2, -0.15) is 0 Å². The van der Waals surface area contributed by atoms with Crippen LogP contribution >= 0.6 is 0 Å². The summed E-state index contributed by atoms with van der Waals surface area (Å²) in [4.78, 5) is 19.4. The molecule has 1 aliphatic rings. The molecule has 0 aliphatic carbocycles. The lowest BCUT2D eigenvalue weighted by atomic mass is 10.1. The number of aromatic nitrogens is 1. The number of rotatable bonds is 9. The van der Waals surface area contributed by atoms with Crippen molar-refractivity contribution in [3.63, 3.8) is 0 Å². The van der Waals surface area contributed by atoms with Crippen LogP contribution in [0.5, 0.6) is 0 Å². The molecule has 2 heterocycles. The minimum atomic E-state index is -3.53. The topological polar surface area (TPSA) is 102 Å². The van der Waals surface area contributed by atoms with E-state index < -0.39 is 9.84 Å². The lowest BCUT2D eigenvalue weighted by molar-refractivity contribution is 0.0374. The third-order valence-corrected chi connectivity index (χ3v) is 7.40. The Morgan fingerprint density at radius 1 is 1.06 bits per heavy atom. The van der Waals surface area contributed by atoms with E-state index in [1.807, 2.05) is 0 Å². The van der Waals surface area contributed by atoms with Crippen molar-refractivity contribution in [1.29, 1.82) is 0 Å². The number of nitrogens with one attached hydrogen (secondary N) is 1. The fraction of sp³-hybridized carbons (Fsp3) is 0.360. The van der Waals surface area contributed by atoms with Gasteiger partial charge in [0.15, 0.2) is 9.84 Å². The third kappa shape index (κ3) is 6.11. The van der Waals surface area contributed by atoms with Gasteiger partial charge >= 0.3 is 0 Å². The quantitative estimate of drug-likeness (QED) is 0.467. The molecule has 2 aromatic carbocycles. The second-order valence-electron chi connectivity index (χ2n) is 8.23. The first-order valence-corrected chi connectivity index (χ1v) is 13.0. The number of ether oxygens (including phenoxy) is 1. The van der Waals surface area contributed by atoms with Crippen molar-refractivity contribution in [2.45, 2.75) is 24.0 Å². The van der Waals surface area contributed by atoms with Crippen molar-refractivity contribution in [3.05, 3.63) is 71.6 Å². The Balaban J connectivity index is 1.34. The fourth-order valence-corrected chi connectivity index (χ4v) is 5.14. The molecule has 4 rings (SSSR count). The number of benzene rings is 2. The molecule has 0 saturated carbocycles. The normalized spacial score (nSPS) is 14.7. The van der Waals surface area contributed by atoms with E-state index in [-0.39, 0.29) is 16.6 Å². The van der Waals surface area contributed by atoms with Gasteiger partial charge in [0.25, 0.3) is 5.91 Å². The minimum Gasteiger partial charge on any atom is -0.441 e. The number of morpholine rings is 1. The van der Waals surface area contributed by atoms with E-state index in [0.717, 1.165) is 39.3 Å². The Kier molecular flexibility index (Phi) is 7.77. The van der Waals surface area contributed by atoms with E-state index in [1.54, 1.807) is 61.5 Å². The van der Waals surface area contributed by atoms with Gasteiger partial charge < -0.3 is 14.5 Å². The summed E-state index contributed by atoms with van der Waals surface area (Å²) in [6.07, 6.45) is 0.883. The fourth-order valence-electron chi connectivity index (χ4n) is 3.77. The highest BCUT2D eigenvalue weighted by molar-refractivity contribution is 7.90. The number of hydrogen-bond donors (Lipinski definition) is 1. The molecule has 1 N–H and O–H groups in total. The molecule has 0 atom stereocenters. The van der Waals surface area contributed by atoms with E-state index in [9.17, 15) is 13.2 Å². The molecule has 0 bridgehead atoms. The summed E-state index contributed by atoms with van der Waals surface area (Å²) in [5.74, 6) is 0.411. The summed E-state index contributed by atoms with van der Waals surface area (Å²) in [5.41, 5.74) is 1.60. The van der Waals surface area contributed by atoms with Gasteiger partial charge in [0.2, 0.25) is 5.89 Å². The number of sulfone groups is 1. The molecule has 1 amide bonds. The van der Waals surface area contributed by atoms with Crippen LogP contribution in [0.3, 0.4) is 0 Å². The minimum absolute atomic E-state index is 0.133. The van der Waals surface area contributed by atoms with Crippen LogP contribution in [-0.4, -0.2) is 63.6 Å². The predicted molar refractivity (Wildman–Crippen MR) is 128 cm³/mol. The van der Waals surface area contributed by atoms with Gasteiger partial charge in [0.05, 0.1) is 23.8 Å². The second kappa shape index (κ2) is 10.9. The molecule has 0 unspecified atom stereocenters. The standard InChI is InChI=1S/C25H29N3O5S/c1-19-23(18-34(30,31)22-6-3-2-4-7-22)27-25(33-19)21-10-8-20(9-11-21)24(29)26-12-5-13-28-14-16-32-17-15-28/h2-4,6-11H,5,12-18H2,1H3,(H,26,29). The molecular weight excluding hydrogens is 454 g/mol. The van der Waals surface area contributed by atoms with Crippen molar-refractivity contribution < 1.29 is 22.4 Å². The molecule has 1 aromatic heterocycles. The average Bonchev–Trinajstić information content (AvgIpc) is 3.22. The number of carbonyl (C=O) groups excluding carboxylic acids is 1. The van der Waals surface area contributed by atoms with Gasteiger partial charge in [0.1, 0.15) is 11.5 Å². The first kappa shape index (κ1) is 24.1. The molecule has 8 nitrogen and oxygen atoms in total. The molecule has 0 radical (unpaired) electrons. The van der Waals surface area contributed by atoms with Crippen molar-refractivity contribution in [2.24, 2.45) is 0 Å². The highest BCUT2D eigenvalue weighted by atomic mass is 32.2. The first-order valence-electron chi connectivity index (χ1n) is 11.4. The molecule has 3 aromatic rings. The highest BCUT2D eigenvalue weighted by Crippen LogP contribution is 2.25. The van der Waals surface area contributed by atoms with Crippen LogP contribution in [0.4, 0.5) is 0 Å². The Morgan fingerprint density at radius 3 is 2.47 bits per heavy atom. The zero-order valence-electron chi connectivity index (χ0n) is 19.2. The summed E-state index contributed by atoms with van der Waals surface area (Å²) >= 11 is 0. The van der Waals surface area contributed by atoms with Crippen molar-refractivity contribution in [1.82, 2.24) is 15.2 Å². The van der Waals surface area contributed by atoms with E-state index in [4.69, 9.17) is 9.15 Å². The van der Waals surface area contributed by atoms with Crippen LogP contribution in [0.25, 0.3) is 11.5 Å². The van der Waals surface area contributed by atoms with Gasteiger partial charge in [-0.25, -0.2) is 13.4 Å². The highest BCUT2D eigenvalue weighted by Gasteiger charge is 2.21. The molecule has 0 spiro atoms. The summed E-state index contributed by atoms with van der Waals surface area (Å²) < 4.78 is 36.4. The summed E-state index contributed by atoms with van der Waals surface area (Å²) in [6, 6.07) is 15.2. The molecule has 1 fully saturated rings. The van der Waals surface area contributed by atoms with Crippen LogP contribution < -0.4 is 5.32 Å². The number of hydrogen-bond acceptors (Lipinski definition) is 7. The van der Waals surface area contributed by atoms with E-state index >= 15 is 0 Å². The van der Waals surface area contributed by atoms with Crippen LogP contribution in [0.15, 0.2) is 63.9 Å². The molecule has 1 aliphatic heterocycles. The smallest absolute Gasteiger partial charge is 0.251 e. The van der Waals surface area contributed by atoms with Gasteiger partial charge in [-0.05, 0) is 56.3 Å². The van der Waals surface area contributed by atoms with Gasteiger partial charge in [0, 0.05) is 30.8 Å². The summed E-state index contributed by atoms with van der Waals surface area (Å²) in [7, 11) is -3.53. The largest absolute Gasteiger partial charge is 0.441 e. The number of aryl methyl sites for hydroxylation is 1. The van der Waals surface area contributed by atoms with Gasteiger partial charge in [-0.3, -0.25) is 9.69 Å². The van der Waals surface area contributed by atoms with Crippen molar-refractivity contribution in [3.8, 4) is 11.5 Å². The predicted octanol–water partition coefficient (Wildman–Crippen LogP) is 3.08. The molecule has 34 heavy (non-hydrogen) atoms. The molecule has 9 heteroatoms. The Bertz CT molecular complexity index is 1200. The van der Waals surface area contributed by atoms with Crippen LogP contribution in [0.1, 0.15) is 28.2 Å². The maximum Gasteiger partial charge on any atom is 0.251 e. The molecule has 180 valence electrons. The average molecular weight is 484 g/mol. The van der Waals surface area contributed by atoms with E-state index in [0.29, 0.717) is 35.0 Å². The monoisotopic (exact) mass is 483 g/mol. The van der Waals surface area contributed by atoms with Crippen LogP contribution in [-0.2, 0) is 20.3 Å². The first-order chi connectivity index (χ1) is 16.4. The second-order valence-corrected chi connectivity index (χ2v) is 10.2. The zero-order valence-corrected chi connectivity index (χ0v) is 20.0. The van der Waals surface area contributed by atoms with Crippen LogP contribution in [0.2, 0.25) is 0 Å². The lowest BCUT2D eigenvalue weighted by Gasteiger charge is -2.26. The third-order valence-electron chi connectivity index (χ3n) is 5.76. The summed E-state index contributed by atoms with van der Waals surface area (Å²) in [5, 5.41) is 2.95. The Hall–Kier alpha value is -3.01. The Morgan fingerprint density at radius 2 is 1.76 bits per heavy atom. The SMILES string of the molecule is Cc1oc(-c2ccc(C(=O)NCCCN3CCOCC3)cc2)nc1CS(=O)(=O)c1ccccc1. The number of amides is 1. The van der Waals surface area contributed by atoms with Crippen molar-refractivity contribution in [2.75, 3.05) is 39.4 Å². The van der Waals surface area contributed by atoms with E-state index in [2.05, 4.69) is 15.2 Å². The Labute approximate surface area is 199 Å². The summed E-state index contributed by atoms with van der Waals surface area (Å²) in [6.45, 7) is 6.67. The number of nitrogens with zero attached hydrogens (tertiary/aromatic N) is 2. The van der Waals surface area contributed by atoms with Crippen LogP contribution in [0, 0.1) is 6.92 Å². The van der Waals surface area contributed by atoms with Gasteiger partial charge in [-0.15, -0.1) is 0 Å². The zero-order chi connectivity index (χ0) is 24.0. The number of carbonyl (C=O) groups is 1. The van der Waals surface area contributed by atoms with E-state index in [1.165, 1.54) is 0 Å². The number of oxazole rings is 1. The molecule has 1 saturated heterocycles. The van der Waals surface area contributed by atoms with Crippen molar-refractivity contribution >= 4 is 15.7 Å². The maximum atomic E-state index is 12.7. The van der Waals surface area contributed by atoms with Gasteiger partial charge in [-0.1, -0.05) is 18.2 Å². The maximum absolute atomic E-state index is 12.7.